The fourth-order valence-corrected chi connectivity index (χ4v) is 2.86. The quantitative estimate of drug-likeness (QED) is 0.806. The number of hydrogen-bond acceptors (Lipinski definition) is 2. The molecule has 0 spiro atoms. The molecule has 1 atom stereocenters. The van der Waals surface area contributed by atoms with Crippen LogP contribution in [-0.2, 0) is 0 Å². The predicted molar refractivity (Wildman–Crippen MR) is 81.4 cm³/mol. The number of nitrogens with one attached hydrogen (secondary N) is 1. The summed E-state index contributed by atoms with van der Waals surface area (Å²) in [5.74, 6) is 1.41. The fraction of sp³-hybridized carbons (Fsp3) is 0.529. The van der Waals surface area contributed by atoms with Crippen LogP contribution in [0.5, 0.6) is 0 Å². The molecule has 3 heteroatoms. The second kappa shape index (κ2) is 6.40. The van der Waals surface area contributed by atoms with Crippen molar-refractivity contribution in [3.05, 3.63) is 35.3 Å². The summed E-state index contributed by atoms with van der Waals surface area (Å²) < 4.78 is 19.3. The number of rotatable bonds is 6. The van der Waals surface area contributed by atoms with Crippen LogP contribution in [0.25, 0.3) is 11.0 Å². The number of halogens is 1. The third-order valence-corrected chi connectivity index (χ3v) is 4.32. The molecule has 2 aromatic rings. The highest BCUT2D eigenvalue weighted by Gasteiger charge is 2.21. The Morgan fingerprint density at radius 1 is 1.25 bits per heavy atom. The van der Waals surface area contributed by atoms with Gasteiger partial charge in [-0.3, -0.25) is 0 Å². The number of hydrogen-bond donors (Lipinski definition) is 1. The van der Waals surface area contributed by atoms with Gasteiger partial charge in [0.1, 0.15) is 17.2 Å². The average molecular weight is 277 g/mol. The van der Waals surface area contributed by atoms with Crippen molar-refractivity contribution in [3.63, 3.8) is 0 Å². The van der Waals surface area contributed by atoms with E-state index < -0.39 is 0 Å². The molecule has 1 aromatic heterocycles. The van der Waals surface area contributed by atoms with Crippen LogP contribution in [0.15, 0.2) is 22.6 Å². The summed E-state index contributed by atoms with van der Waals surface area (Å²) in [6, 6.07) is 4.91. The molecule has 0 aliphatic carbocycles. The zero-order valence-corrected chi connectivity index (χ0v) is 12.8. The molecule has 110 valence electrons. The highest BCUT2D eigenvalue weighted by molar-refractivity contribution is 5.82. The zero-order chi connectivity index (χ0) is 14.7. The van der Waals surface area contributed by atoms with E-state index in [0.29, 0.717) is 5.92 Å². The molecule has 2 rings (SSSR count). The molecule has 0 saturated heterocycles. The lowest BCUT2D eigenvalue weighted by molar-refractivity contribution is 0.346. The average Bonchev–Trinajstić information content (AvgIpc) is 2.78. The summed E-state index contributed by atoms with van der Waals surface area (Å²) in [5.41, 5.74) is 1.81. The highest BCUT2D eigenvalue weighted by Crippen LogP contribution is 2.33. The number of aryl methyl sites for hydroxylation is 1. The van der Waals surface area contributed by atoms with E-state index in [1.54, 1.807) is 12.1 Å². The Kier molecular flexibility index (Phi) is 4.81. The van der Waals surface area contributed by atoms with E-state index >= 15 is 0 Å². The van der Waals surface area contributed by atoms with Gasteiger partial charge >= 0.3 is 0 Å². The molecule has 0 saturated carbocycles. The lowest BCUT2D eigenvalue weighted by Crippen LogP contribution is -2.19. The van der Waals surface area contributed by atoms with Crippen LogP contribution in [0.4, 0.5) is 4.39 Å². The molecule has 2 nitrogen and oxygen atoms in total. The van der Waals surface area contributed by atoms with Crippen molar-refractivity contribution in [1.82, 2.24) is 5.32 Å². The van der Waals surface area contributed by atoms with Gasteiger partial charge in [-0.1, -0.05) is 26.7 Å². The summed E-state index contributed by atoms with van der Waals surface area (Å²) >= 11 is 0. The van der Waals surface area contributed by atoms with Gasteiger partial charge in [-0.2, -0.15) is 0 Å². The molecule has 0 amide bonds. The minimum Gasteiger partial charge on any atom is -0.459 e. The van der Waals surface area contributed by atoms with Gasteiger partial charge in [0.2, 0.25) is 0 Å². The van der Waals surface area contributed by atoms with Crippen LogP contribution in [0.3, 0.4) is 0 Å². The van der Waals surface area contributed by atoms with Gasteiger partial charge in [-0.25, -0.2) is 4.39 Å². The molecule has 1 N–H and O–H groups in total. The van der Waals surface area contributed by atoms with Gasteiger partial charge in [-0.15, -0.1) is 0 Å². The fourth-order valence-electron chi connectivity index (χ4n) is 2.86. The second-order valence-corrected chi connectivity index (χ2v) is 5.49. The molecule has 0 aliphatic rings. The molecule has 0 fully saturated rings. The Hall–Kier alpha value is -1.35. The minimum atomic E-state index is -0.214. The highest BCUT2D eigenvalue weighted by atomic mass is 19.1. The first-order valence-electron chi connectivity index (χ1n) is 7.46. The Balaban J connectivity index is 2.36. The molecule has 20 heavy (non-hydrogen) atoms. The maximum Gasteiger partial charge on any atom is 0.134 e. The standard InChI is InChI=1S/C17H24FNO/c1-5-12(6-2)9-15(19-4)17-11(3)14-10-13(18)7-8-16(14)20-17/h7-8,10,12,15,19H,5-6,9H2,1-4H3. The van der Waals surface area contributed by atoms with E-state index in [-0.39, 0.29) is 11.9 Å². The van der Waals surface area contributed by atoms with Crippen molar-refractivity contribution in [2.45, 2.75) is 46.1 Å². The van der Waals surface area contributed by atoms with Gasteiger partial charge < -0.3 is 9.73 Å². The molecular formula is C17H24FNO. The van der Waals surface area contributed by atoms with Crippen LogP contribution in [0.2, 0.25) is 0 Å². The SMILES string of the molecule is CCC(CC)CC(NC)c1oc2ccc(F)cc2c1C. The maximum atomic E-state index is 13.4. The molecule has 1 heterocycles. The predicted octanol–water partition coefficient (Wildman–Crippen LogP) is 4.97. The zero-order valence-electron chi connectivity index (χ0n) is 12.8. The normalized spacial score (nSPS) is 13.3. The molecule has 0 aliphatic heterocycles. The second-order valence-electron chi connectivity index (χ2n) is 5.49. The van der Waals surface area contributed by atoms with Crippen molar-refractivity contribution in [1.29, 1.82) is 0 Å². The number of furan rings is 1. The van der Waals surface area contributed by atoms with Crippen molar-refractivity contribution in [3.8, 4) is 0 Å². The van der Waals surface area contributed by atoms with E-state index in [1.165, 1.54) is 18.9 Å². The summed E-state index contributed by atoms with van der Waals surface area (Å²) in [4.78, 5) is 0. The summed E-state index contributed by atoms with van der Waals surface area (Å²) in [6.07, 6.45) is 3.39. The van der Waals surface area contributed by atoms with Crippen LogP contribution >= 0.6 is 0 Å². The first-order valence-corrected chi connectivity index (χ1v) is 7.46. The van der Waals surface area contributed by atoms with Crippen molar-refractivity contribution in [2.24, 2.45) is 5.92 Å². The third kappa shape index (κ3) is 2.88. The van der Waals surface area contributed by atoms with Gasteiger partial charge in [0.05, 0.1) is 6.04 Å². The van der Waals surface area contributed by atoms with Gasteiger partial charge in [0.15, 0.2) is 0 Å². The first-order chi connectivity index (χ1) is 9.60. The largest absolute Gasteiger partial charge is 0.459 e. The van der Waals surface area contributed by atoms with Crippen LogP contribution < -0.4 is 5.32 Å². The van der Waals surface area contributed by atoms with Crippen molar-refractivity contribution >= 4 is 11.0 Å². The first kappa shape index (κ1) is 15.0. The number of benzene rings is 1. The molecule has 0 radical (unpaired) electrons. The molecule has 0 bridgehead atoms. The van der Waals surface area contributed by atoms with Gasteiger partial charge in [-0.05, 0) is 44.5 Å². The van der Waals surface area contributed by atoms with Crippen LogP contribution in [0.1, 0.15) is 50.5 Å². The Morgan fingerprint density at radius 2 is 1.95 bits per heavy atom. The Bertz CT molecular complexity index is 572. The van der Waals surface area contributed by atoms with Gasteiger partial charge in [0.25, 0.3) is 0 Å². The molecule has 1 unspecified atom stereocenters. The van der Waals surface area contributed by atoms with Crippen LogP contribution in [0, 0.1) is 18.7 Å². The smallest absolute Gasteiger partial charge is 0.134 e. The lowest BCUT2D eigenvalue weighted by Gasteiger charge is -2.20. The molecule has 1 aromatic carbocycles. The topological polar surface area (TPSA) is 25.2 Å². The maximum absolute atomic E-state index is 13.4. The molecular weight excluding hydrogens is 253 g/mol. The van der Waals surface area contributed by atoms with E-state index in [4.69, 9.17) is 4.42 Å². The van der Waals surface area contributed by atoms with E-state index in [9.17, 15) is 4.39 Å². The monoisotopic (exact) mass is 277 g/mol. The van der Waals surface area contributed by atoms with Crippen LogP contribution in [-0.4, -0.2) is 7.05 Å². The summed E-state index contributed by atoms with van der Waals surface area (Å²) in [5, 5.41) is 4.23. The third-order valence-electron chi connectivity index (χ3n) is 4.32. The van der Waals surface area contributed by atoms with Gasteiger partial charge in [0, 0.05) is 10.9 Å². The van der Waals surface area contributed by atoms with E-state index in [2.05, 4.69) is 19.2 Å². The Labute approximate surface area is 120 Å². The minimum absolute atomic E-state index is 0.190. The Morgan fingerprint density at radius 3 is 2.55 bits per heavy atom. The lowest BCUT2D eigenvalue weighted by atomic mass is 9.92. The summed E-state index contributed by atoms with van der Waals surface area (Å²) in [6.45, 7) is 6.46. The van der Waals surface area contributed by atoms with E-state index in [1.807, 2.05) is 14.0 Å². The summed E-state index contributed by atoms with van der Waals surface area (Å²) in [7, 11) is 1.96. The van der Waals surface area contributed by atoms with E-state index in [0.717, 1.165) is 28.7 Å². The van der Waals surface area contributed by atoms with Crippen molar-refractivity contribution < 1.29 is 8.81 Å². The van der Waals surface area contributed by atoms with Crippen molar-refractivity contribution in [2.75, 3.05) is 7.05 Å². The number of fused-ring (bicyclic) bond motifs is 1.